The molecule has 6 rings (SSSR count). The molecule has 10 nitrogen and oxygen atoms in total. The summed E-state index contributed by atoms with van der Waals surface area (Å²) in [5.41, 5.74) is 3.14. The van der Waals surface area contributed by atoms with Crippen molar-refractivity contribution in [3.63, 3.8) is 0 Å². The van der Waals surface area contributed by atoms with Crippen LogP contribution < -0.4 is 4.74 Å². The van der Waals surface area contributed by atoms with Gasteiger partial charge in [-0.15, -0.1) is 10.2 Å². The van der Waals surface area contributed by atoms with Gasteiger partial charge in [-0.1, -0.05) is 42.1 Å². The number of rotatable bonds is 11. The molecule has 0 amide bonds. The van der Waals surface area contributed by atoms with Crippen LogP contribution in [0.15, 0.2) is 66.4 Å². The summed E-state index contributed by atoms with van der Waals surface area (Å²) in [6, 6.07) is 15.5. The maximum Gasteiger partial charge on any atom is 0.196 e. The van der Waals surface area contributed by atoms with Gasteiger partial charge in [-0.3, -0.25) is 19.2 Å². The van der Waals surface area contributed by atoms with Gasteiger partial charge in [-0.05, 0) is 66.0 Å². The zero-order valence-electron chi connectivity index (χ0n) is 24.7. The first-order valence-electron chi connectivity index (χ1n) is 14.7. The second-order valence-electron chi connectivity index (χ2n) is 11.2. The monoisotopic (exact) mass is 615 g/mol. The van der Waals surface area contributed by atoms with Gasteiger partial charge < -0.3 is 4.74 Å². The van der Waals surface area contributed by atoms with Crippen molar-refractivity contribution < 1.29 is 18.7 Å². The Hall–Kier alpha value is -4.16. The zero-order valence-corrected chi connectivity index (χ0v) is 25.5. The highest BCUT2D eigenvalue weighted by atomic mass is 32.2. The lowest BCUT2D eigenvalue weighted by Crippen LogP contribution is -2.43. The highest BCUT2D eigenvalue weighted by Gasteiger charge is 2.41. The van der Waals surface area contributed by atoms with Crippen LogP contribution in [0.4, 0.5) is 4.39 Å². The van der Waals surface area contributed by atoms with Gasteiger partial charge in [0, 0.05) is 42.9 Å². The summed E-state index contributed by atoms with van der Waals surface area (Å²) in [5, 5.41) is 17.5. The fourth-order valence-corrected chi connectivity index (χ4v) is 6.49. The number of Topliss-reactive ketones (excluding diaryl/α,β-unsaturated/α-hetero) is 1. The van der Waals surface area contributed by atoms with E-state index in [4.69, 9.17) is 9.84 Å². The molecule has 4 aromatic rings. The minimum Gasteiger partial charge on any atom is -0.497 e. The highest BCUT2D eigenvalue weighted by molar-refractivity contribution is 8.14. The molecule has 228 valence electrons. The third-order valence-electron chi connectivity index (χ3n) is 7.88. The summed E-state index contributed by atoms with van der Waals surface area (Å²) in [6.07, 6.45) is 6.20. The number of methoxy groups -OCH3 is 1. The molecule has 1 aliphatic heterocycles. The first kappa shape index (κ1) is 29.9. The number of tetrazole rings is 1. The highest BCUT2D eigenvalue weighted by Crippen LogP contribution is 2.40. The molecule has 2 aromatic heterocycles. The Morgan fingerprint density at radius 2 is 1.86 bits per heavy atom. The molecular weight excluding hydrogens is 581 g/mol. The standard InChI is InChI=1S/C32H34FN7O3S/c1-21(41)44-29-14-15-38(31(32(42)23-9-10-23)27-5-3-4-6-28(27)33)19-24(29)17-25-13-16-39(35-25)20-30-34-37-40(36-30)18-22-7-11-26(43-2)12-8-22/h3-8,11-13,16-17,23,29,31H,9-10,14-15,18-20H2,1-2H3/b24-17-. The molecule has 0 radical (unpaired) electrons. The van der Waals surface area contributed by atoms with Crippen molar-refractivity contribution >= 4 is 28.7 Å². The van der Waals surface area contributed by atoms with Crippen LogP contribution in [0.2, 0.25) is 0 Å². The van der Waals surface area contributed by atoms with E-state index in [2.05, 4.69) is 20.3 Å². The van der Waals surface area contributed by atoms with Gasteiger partial charge in [0.25, 0.3) is 0 Å². The molecule has 2 aromatic carbocycles. The lowest BCUT2D eigenvalue weighted by Gasteiger charge is -2.38. The van der Waals surface area contributed by atoms with Crippen LogP contribution in [0.5, 0.6) is 5.75 Å². The summed E-state index contributed by atoms with van der Waals surface area (Å²) in [6.45, 7) is 3.42. The Bertz CT molecular complexity index is 1660. The Labute approximate surface area is 259 Å². The number of hydrogen-bond acceptors (Lipinski definition) is 9. The second kappa shape index (κ2) is 13.2. The summed E-state index contributed by atoms with van der Waals surface area (Å²) >= 11 is 1.29. The average Bonchev–Trinajstić information content (AvgIpc) is 3.64. The second-order valence-corrected chi connectivity index (χ2v) is 12.6. The van der Waals surface area contributed by atoms with Crippen molar-refractivity contribution in [1.29, 1.82) is 0 Å². The number of benzene rings is 2. The number of halogens is 1. The molecule has 44 heavy (non-hydrogen) atoms. The first-order valence-corrected chi connectivity index (χ1v) is 15.6. The van der Waals surface area contributed by atoms with E-state index >= 15 is 0 Å². The Morgan fingerprint density at radius 3 is 2.59 bits per heavy atom. The number of nitrogens with zero attached hydrogens (tertiary/aromatic N) is 7. The number of carbonyl (C=O) groups excluding carboxylic acids is 2. The molecule has 2 atom stereocenters. The van der Waals surface area contributed by atoms with Crippen molar-refractivity contribution in [3.05, 3.63) is 94.8 Å². The quantitative estimate of drug-likeness (QED) is 0.240. The third-order valence-corrected chi connectivity index (χ3v) is 9.03. The van der Waals surface area contributed by atoms with E-state index in [0.29, 0.717) is 44.0 Å². The van der Waals surface area contributed by atoms with Crippen LogP contribution in [-0.4, -0.2) is 71.2 Å². The molecule has 1 aliphatic carbocycles. The van der Waals surface area contributed by atoms with Crippen molar-refractivity contribution in [2.24, 2.45) is 5.92 Å². The number of piperidine rings is 1. The fraction of sp³-hybridized carbons (Fsp3) is 0.375. The maximum atomic E-state index is 15.0. The van der Waals surface area contributed by atoms with Gasteiger partial charge in [0.2, 0.25) is 0 Å². The molecule has 1 saturated carbocycles. The molecule has 12 heteroatoms. The fourth-order valence-electron chi connectivity index (χ4n) is 5.57. The van der Waals surface area contributed by atoms with E-state index in [1.165, 1.54) is 17.8 Å². The third kappa shape index (κ3) is 7.13. The molecule has 2 aliphatic rings. The number of ether oxygens (including phenoxy) is 1. The largest absolute Gasteiger partial charge is 0.497 e. The molecule has 0 N–H and O–H groups in total. The molecule has 1 saturated heterocycles. The Morgan fingerprint density at radius 1 is 1.07 bits per heavy atom. The predicted molar refractivity (Wildman–Crippen MR) is 164 cm³/mol. The molecule has 0 bridgehead atoms. The van der Waals surface area contributed by atoms with Crippen LogP contribution in [0, 0.1) is 11.7 Å². The number of hydrogen-bond donors (Lipinski definition) is 0. The number of carbonyl (C=O) groups is 2. The van der Waals surface area contributed by atoms with Crippen LogP contribution in [0.3, 0.4) is 0 Å². The van der Waals surface area contributed by atoms with E-state index < -0.39 is 6.04 Å². The number of likely N-dealkylation sites (tertiary alicyclic amines) is 1. The van der Waals surface area contributed by atoms with Gasteiger partial charge in [0.15, 0.2) is 16.7 Å². The summed E-state index contributed by atoms with van der Waals surface area (Å²) in [5.74, 6) is 1.000. The summed E-state index contributed by atoms with van der Waals surface area (Å²) in [4.78, 5) is 29.2. The van der Waals surface area contributed by atoms with Crippen LogP contribution >= 0.6 is 11.8 Å². The number of thioether (sulfide) groups is 1. The van der Waals surface area contributed by atoms with Gasteiger partial charge in [0.1, 0.15) is 18.1 Å². The smallest absolute Gasteiger partial charge is 0.196 e. The summed E-state index contributed by atoms with van der Waals surface area (Å²) < 4.78 is 21.9. The van der Waals surface area contributed by atoms with Gasteiger partial charge in [0.05, 0.1) is 25.4 Å². The molecular formula is C32H34FN7O3S. The topological polar surface area (TPSA) is 108 Å². The summed E-state index contributed by atoms with van der Waals surface area (Å²) in [7, 11) is 1.63. The van der Waals surface area contributed by atoms with E-state index in [1.54, 1.807) is 41.7 Å². The average molecular weight is 616 g/mol. The van der Waals surface area contributed by atoms with E-state index in [9.17, 15) is 14.0 Å². The molecule has 2 fully saturated rings. The van der Waals surface area contributed by atoms with Gasteiger partial charge in [-0.2, -0.15) is 9.90 Å². The number of aromatic nitrogens is 6. The minimum absolute atomic E-state index is 0.0187. The SMILES string of the molecule is COc1ccc(Cn2nnc(Cn3ccc(/C=C4/CN(C(C(=O)C5CC5)c5ccccc5F)CCC4SC(C)=O)n3)n2)cc1. The lowest BCUT2D eigenvalue weighted by atomic mass is 9.93. The van der Waals surface area contributed by atoms with Gasteiger partial charge >= 0.3 is 0 Å². The van der Waals surface area contributed by atoms with Crippen LogP contribution in [-0.2, 0) is 22.7 Å². The Kier molecular flexibility index (Phi) is 8.99. The molecule has 2 unspecified atom stereocenters. The molecule has 3 heterocycles. The van der Waals surface area contributed by atoms with E-state index in [0.717, 1.165) is 35.4 Å². The van der Waals surface area contributed by atoms with Crippen LogP contribution in [0.25, 0.3) is 6.08 Å². The predicted octanol–water partition coefficient (Wildman–Crippen LogP) is 4.57. The minimum atomic E-state index is -0.653. The van der Waals surface area contributed by atoms with Crippen molar-refractivity contribution in [2.45, 2.75) is 50.6 Å². The normalized spacial score (nSPS) is 18.8. The van der Waals surface area contributed by atoms with Gasteiger partial charge in [-0.25, -0.2) is 4.39 Å². The lowest BCUT2D eigenvalue weighted by molar-refractivity contribution is -0.126. The maximum absolute atomic E-state index is 15.0. The first-order chi connectivity index (χ1) is 21.4. The van der Waals surface area contributed by atoms with Crippen LogP contribution in [0.1, 0.15) is 54.9 Å². The van der Waals surface area contributed by atoms with Crippen molar-refractivity contribution in [1.82, 2.24) is 34.9 Å². The van der Waals surface area contributed by atoms with Crippen molar-refractivity contribution in [2.75, 3.05) is 20.2 Å². The van der Waals surface area contributed by atoms with E-state index in [1.807, 2.05) is 42.6 Å². The molecule has 0 spiro atoms. The van der Waals surface area contributed by atoms with Crippen molar-refractivity contribution in [3.8, 4) is 5.75 Å². The van der Waals surface area contributed by atoms with E-state index in [-0.39, 0.29) is 27.9 Å². The zero-order chi connectivity index (χ0) is 30.6. The number of ketones is 1. The Balaban J connectivity index is 1.19.